The number of nitrogens with one attached hydrogen (secondary N) is 2. The molecule has 8 nitrogen and oxygen atoms in total. The van der Waals surface area contributed by atoms with Crippen molar-refractivity contribution in [3.63, 3.8) is 0 Å². The summed E-state index contributed by atoms with van der Waals surface area (Å²) in [6, 6.07) is 18.7. The molecule has 0 aliphatic rings. The second-order valence-corrected chi connectivity index (χ2v) is 8.36. The molecule has 1 heterocycles. The van der Waals surface area contributed by atoms with Crippen molar-refractivity contribution >= 4 is 51.6 Å². The number of hydrogen-bond donors (Lipinski definition) is 2. The molecule has 3 rings (SSSR count). The van der Waals surface area contributed by atoms with E-state index in [0.717, 1.165) is 11.8 Å². The fraction of sp³-hybridized carbons (Fsp3) is 0.0870. The predicted octanol–water partition coefficient (Wildman–Crippen LogP) is 4.02. The fourth-order valence-corrected chi connectivity index (χ4v) is 4.23. The van der Waals surface area contributed by atoms with Gasteiger partial charge in [0.1, 0.15) is 11.1 Å². The molecule has 33 heavy (non-hydrogen) atoms. The Kier molecular flexibility index (Phi) is 8.19. The number of carbonyl (C=O) groups excluding carboxylic acids is 3. The van der Waals surface area contributed by atoms with Gasteiger partial charge in [-0.3, -0.25) is 9.59 Å². The molecule has 2 N–H and O–H groups in total. The van der Waals surface area contributed by atoms with Crippen LogP contribution in [0.4, 0.5) is 10.7 Å². The van der Waals surface area contributed by atoms with Crippen molar-refractivity contribution in [1.29, 1.82) is 10.5 Å². The first-order valence-corrected chi connectivity index (χ1v) is 11.3. The van der Waals surface area contributed by atoms with Crippen molar-refractivity contribution in [2.24, 2.45) is 0 Å². The zero-order chi connectivity index (χ0) is 23.6. The lowest BCUT2D eigenvalue weighted by atomic mass is 10.2. The zero-order valence-corrected chi connectivity index (χ0v) is 18.7. The minimum Gasteiger partial charge on any atom is -0.452 e. The average Bonchev–Trinajstić information content (AvgIpc) is 3.28. The minimum absolute atomic E-state index is 0.0247. The molecular formula is C23H16N4O4S2. The largest absolute Gasteiger partial charge is 0.452 e. The number of thioether (sulfide) groups is 1. The maximum atomic E-state index is 12.5. The monoisotopic (exact) mass is 476 g/mol. The molecule has 0 atom stereocenters. The van der Waals surface area contributed by atoms with E-state index >= 15 is 0 Å². The Morgan fingerprint density at radius 1 is 0.970 bits per heavy atom. The van der Waals surface area contributed by atoms with Gasteiger partial charge in [-0.15, -0.1) is 23.1 Å². The van der Waals surface area contributed by atoms with Gasteiger partial charge in [0.25, 0.3) is 5.91 Å². The molecule has 0 radical (unpaired) electrons. The van der Waals surface area contributed by atoms with Crippen molar-refractivity contribution in [2.75, 3.05) is 23.0 Å². The highest BCUT2D eigenvalue weighted by Gasteiger charge is 2.16. The molecule has 2 aromatic carbocycles. The number of anilines is 2. The van der Waals surface area contributed by atoms with Gasteiger partial charge in [-0.2, -0.15) is 10.5 Å². The molecule has 0 saturated carbocycles. The molecule has 10 heteroatoms. The second-order valence-electron chi connectivity index (χ2n) is 6.43. The van der Waals surface area contributed by atoms with Crippen LogP contribution < -0.4 is 10.6 Å². The van der Waals surface area contributed by atoms with E-state index in [9.17, 15) is 14.4 Å². The van der Waals surface area contributed by atoms with Crippen LogP contribution in [0.1, 0.15) is 21.5 Å². The third-order valence-electron chi connectivity index (χ3n) is 4.11. The number of nitrogens with zero attached hydrogens (tertiary/aromatic N) is 2. The molecular weight excluding hydrogens is 460 g/mol. The number of amides is 2. The quantitative estimate of drug-likeness (QED) is 0.371. The highest BCUT2D eigenvalue weighted by Crippen LogP contribution is 2.24. The summed E-state index contributed by atoms with van der Waals surface area (Å²) in [6.07, 6.45) is 0. The van der Waals surface area contributed by atoms with Crippen LogP contribution >= 0.6 is 23.1 Å². The van der Waals surface area contributed by atoms with E-state index in [1.54, 1.807) is 60.0 Å². The fourth-order valence-electron chi connectivity index (χ4n) is 2.63. The van der Waals surface area contributed by atoms with E-state index in [1.165, 1.54) is 11.3 Å². The Hall–Kier alpha value is -4.12. The van der Waals surface area contributed by atoms with Crippen molar-refractivity contribution in [3.05, 3.63) is 76.7 Å². The Balaban J connectivity index is 1.55. The number of rotatable bonds is 8. The molecule has 0 unspecified atom stereocenters. The number of thiophene rings is 1. The Labute approximate surface area is 197 Å². The summed E-state index contributed by atoms with van der Waals surface area (Å²) in [7, 11) is 0. The van der Waals surface area contributed by atoms with E-state index < -0.39 is 18.5 Å². The first kappa shape index (κ1) is 23.5. The molecule has 0 aliphatic carbocycles. The Bertz CT molecular complexity index is 1270. The number of carbonyl (C=O) groups is 3. The maximum Gasteiger partial charge on any atom is 0.339 e. The SMILES string of the molecule is N#Cc1cccc(NC(=O)CSc2ccccc2C(=O)OCC(=O)Nc2sccc2C#N)c1. The summed E-state index contributed by atoms with van der Waals surface area (Å²) in [5, 5.41) is 25.2. The molecule has 164 valence electrons. The first-order valence-electron chi connectivity index (χ1n) is 9.46. The third-order valence-corrected chi connectivity index (χ3v) is 6.02. The zero-order valence-electron chi connectivity index (χ0n) is 17.0. The maximum absolute atomic E-state index is 12.5. The van der Waals surface area contributed by atoms with Gasteiger partial charge in [-0.25, -0.2) is 4.79 Å². The standard InChI is InChI=1S/C23H16N4O4S2/c24-11-15-4-3-5-17(10-15)26-21(29)14-33-19-7-2-1-6-18(19)23(30)31-13-20(28)27-22-16(12-25)8-9-32-22/h1-10H,13-14H2,(H,26,29)(H,27,28). The summed E-state index contributed by atoms with van der Waals surface area (Å²) in [4.78, 5) is 37.4. The van der Waals surface area contributed by atoms with Gasteiger partial charge in [0.2, 0.25) is 5.91 Å². The van der Waals surface area contributed by atoms with Crippen molar-refractivity contribution in [1.82, 2.24) is 0 Å². The number of hydrogen-bond acceptors (Lipinski definition) is 8. The summed E-state index contributed by atoms with van der Waals surface area (Å²) in [6.45, 7) is -0.518. The molecule has 0 fully saturated rings. The topological polar surface area (TPSA) is 132 Å². The van der Waals surface area contributed by atoms with E-state index in [4.69, 9.17) is 15.3 Å². The molecule has 2 amide bonds. The van der Waals surface area contributed by atoms with Crippen LogP contribution in [-0.2, 0) is 14.3 Å². The second kappa shape index (κ2) is 11.5. The van der Waals surface area contributed by atoms with Crippen LogP contribution in [-0.4, -0.2) is 30.1 Å². The van der Waals surface area contributed by atoms with Gasteiger partial charge in [-0.05, 0) is 41.8 Å². The van der Waals surface area contributed by atoms with Crippen LogP contribution in [0.2, 0.25) is 0 Å². The molecule has 0 aliphatic heterocycles. The van der Waals surface area contributed by atoms with Gasteiger partial charge in [-0.1, -0.05) is 18.2 Å². The van der Waals surface area contributed by atoms with Crippen molar-refractivity contribution in [2.45, 2.75) is 4.90 Å². The van der Waals surface area contributed by atoms with Crippen LogP contribution in [0.3, 0.4) is 0 Å². The molecule has 0 saturated heterocycles. The van der Waals surface area contributed by atoms with Crippen LogP contribution in [0.5, 0.6) is 0 Å². The third kappa shape index (κ3) is 6.68. The highest BCUT2D eigenvalue weighted by atomic mass is 32.2. The average molecular weight is 477 g/mol. The highest BCUT2D eigenvalue weighted by molar-refractivity contribution is 8.00. The summed E-state index contributed by atoms with van der Waals surface area (Å²) >= 11 is 2.34. The Morgan fingerprint density at radius 2 is 1.79 bits per heavy atom. The lowest BCUT2D eigenvalue weighted by Crippen LogP contribution is -2.21. The van der Waals surface area contributed by atoms with Gasteiger partial charge in [0.15, 0.2) is 6.61 Å². The molecule has 0 spiro atoms. The number of ether oxygens (including phenoxy) is 1. The van der Waals surface area contributed by atoms with Gasteiger partial charge < -0.3 is 15.4 Å². The summed E-state index contributed by atoms with van der Waals surface area (Å²) < 4.78 is 5.11. The van der Waals surface area contributed by atoms with Crippen molar-refractivity contribution < 1.29 is 19.1 Å². The van der Waals surface area contributed by atoms with Gasteiger partial charge >= 0.3 is 5.97 Å². The molecule has 0 bridgehead atoms. The molecule has 1 aromatic heterocycles. The predicted molar refractivity (Wildman–Crippen MR) is 125 cm³/mol. The van der Waals surface area contributed by atoms with E-state index in [2.05, 4.69) is 10.6 Å². The summed E-state index contributed by atoms with van der Waals surface area (Å²) in [5.74, 6) is -1.55. The van der Waals surface area contributed by atoms with Gasteiger partial charge in [0, 0.05) is 10.6 Å². The van der Waals surface area contributed by atoms with Crippen molar-refractivity contribution in [3.8, 4) is 12.1 Å². The number of benzene rings is 2. The Morgan fingerprint density at radius 3 is 2.58 bits per heavy atom. The van der Waals surface area contributed by atoms with E-state index in [-0.39, 0.29) is 17.2 Å². The lowest BCUT2D eigenvalue weighted by Gasteiger charge is -2.10. The first-order chi connectivity index (χ1) is 16.0. The van der Waals surface area contributed by atoms with Crippen LogP contribution in [0.25, 0.3) is 0 Å². The number of nitriles is 2. The normalized spacial score (nSPS) is 9.88. The van der Waals surface area contributed by atoms with E-state index in [0.29, 0.717) is 26.7 Å². The van der Waals surface area contributed by atoms with E-state index in [1.807, 2.05) is 12.1 Å². The van der Waals surface area contributed by atoms with Crippen LogP contribution in [0, 0.1) is 22.7 Å². The lowest BCUT2D eigenvalue weighted by molar-refractivity contribution is -0.119. The van der Waals surface area contributed by atoms with Crippen LogP contribution in [0.15, 0.2) is 64.9 Å². The number of esters is 1. The summed E-state index contributed by atoms with van der Waals surface area (Å²) in [5.41, 5.74) is 1.49. The minimum atomic E-state index is -0.706. The smallest absolute Gasteiger partial charge is 0.339 e. The molecule has 3 aromatic rings. The van der Waals surface area contributed by atoms with Gasteiger partial charge in [0.05, 0.1) is 28.5 Å².